The third-order valence-electron chi connectivity index (χ3n) is 5.32. The average Bonchev–Trinajstić information content (AvgIpc) is 3.21. The van der Waals surface area contributed by atoms with Crippen LogP contribution in [0.25, 0.3) is 0 Å². The van der Waals surface area contributed by atoms with Crippen LogP contribution in [0.5, 0.6) is 0 Å². The molecule has 2 atom stereocenters. The van der Waals surface area contributed by atoms with E-state index < -0.39 is 0 Å². The molecule has 148 valence electrons. The molecule has 0 aliphatic carbocycles. The van der Waals surface area contributed by atoms with Crippen LogP contribution in [0.4, 0.5) is 4.39 Å². The number of hydrogen-bond acceptors (Lipinski definition) is 4. The zero-order valence-corrected chi connectivity index (χ0v) is 15.7. The largest absolute Gasteiger partial charge is 0.354 e. The molecule has 2 unspecified atom stereocenters. The van der Waals surface area contributed by atoms with Crippen molar-refractivity contribution in [3.05, 3.63) is 35.6 Å². The van der Waals surface area contributed by atoms with E-state index in [1.165, 1.54) is 12.1 Å². The summed E-state index contributed by atoms with van der Waals surface area (Å²) in [4.78, 5) is 26.5. The highest BCUT2D eigenvalue weighted by Crippen LogP contribution is 2.16. The molecule has 2 amide bonds. The van der Waals surface area contributed by atoms with Gasteiger partial charge in [0.15, 0.2) is 0 Å². The summed E-state index contributed by atoms with van der Waals surface area (Å²) < 4.78 is 12.9. The van der Waals surface area contributed by atoms with Gasteiger partial charge in [0.1, 0.15) is 5.82 Å². The number of piperidine rings is 1. The summed E-state index contributed by atoms with van der Waals surface area (Å²) in [6, 6.07) is 6.10. The third-order valence-corrected chi connectivity index (χ3v) is 5.32. The Morgan fingerprint density at radius 3 is 2.70 bits per heavy atom. The SMILES string of the molecule is O=C(CN1CCCC(CNC(=O)C2CCCN2)C1)NCc1ccc(F)cc1. The summed E-state index contributed by atoms with van der Waals surface area (Å²) in [7, 11) is 0. The van der Waals surface area contributed by atoms with Gasteiger partial charge in [-0.1, -0.05) is 12.1 Å². The van der Waals surface area contributed by atoms with Crippen LogP contribution in [0, 0.1) is 11.7 Å². The standard InChI is InChI=1S/C20H29FN4O2/c21-17-7-5-15(6-8-17)11-23-19(26)14-25-10-2-3-16(13-25)12-24-20(27)18-4-1-9-22-18/h5-8,16,18,22H,1-4,9-14H2,(H,23,26)(H,24,27). The second-order valence-electron chi connectivity index (χ2n) is 7.54. The molecule has 6 nitrogen and oxygen atoms in total. The number of amides is 2. The molecule has 2 saturated heterocycles. The van der Waals surface area contributed by atoms with Gasteiger partial charge in [-0.05, 0) is 62.4 Å². The Hall–Kier alpha value is -1.99. The molecule has 0 spiro atoms. The highest BCUT2D eigenvalue weighted by Gasteiger charge is 2.25. The summed E-state index contributed by atoms with van der Waals surface area (Å²) in [5.74, 6) is 0.176. The van der Waals surface area contributed by atoms with Crippen molar-refractivity contribution in [2.45, 2.75) is 38.3 Å². The van der Waals surface area contributed by atoms with Gasteiger partial charge in [-0.15, -0.1) is 0 Å². The lowest BCUT2D eigenvalue weighted by Crippen LogP contribution is -2.47. The quantitative estimate of drug-likeness (QED) is 0.664. The van der Waals surface area contributed by atoms with Gasteiger partial charge in [0.2, 0.25) is 11.8 Å². The van der Waals surface area contributed by atoms with Gasteiger partial charge in [-0.2, -0.15) is 0 Å². The van der Waals surface area contributed by atoms with Crippen LogP contribution in [0.1, 0.15) is 31.2 Å². The number of carbonyl (C=O) groups is 2. The molecular formula is C20H29FN4O2. The monoisotopic (exact) mass is 376 g/mol. The molecule has 1 aromatic carbocycles. The van der Waals surface area contributed by atoms with Crippen molar-refractivity contribution in [1.82, 2.24) is 20.9 Å². The second kappa shape index (κ2) is 9.80. The van der Waals surface area contributed by atoms with Gasteiger partial charge in [-0.3, -0.25) is 14.5 Å². The minimum absolute atomic E-state index is 0.0285. The number of likely N-dealkylation sites (tertiary alicyclic amines) is 1. The van der Waals surface area contributed by atoms with Crippen molar-refractivity contribution >= 4 is 11.8 Å². The molecular weight excluding hydrogens is 347 g/mol. The highest BCUT2D eigenvalue weighted by atomic mass is 19.1. The maximum absolute atomic E-state index is 12.9. The van der Waals surface area contributed by atoms with Crippen molar-refractivity contribution in [2.75, 3.05) is 32.7 Å². The topological polar surface area (TPSA) is 73.5 Å². The zero-order valence-electron chi connectivity index (χ0n) is 15.7. The average molecular weight is 376 g/mol. The molecule has 3 N–H and O–H groups in total. The number of rotatable bonds is 7. The minimum Gasteiger partial charge on any atom is -0.354 e. The molecule has 0 saturated carbocycles. The van der Waals surface area contributed by atoms with Gasteiger partial charge < -0.3 is 16.0 Å². The lowest BCUT2D eigenvalue weighted by atomic mass is 9.98. The maximum atomic E-state index is 12.9. The van der Waals surface area contributed by atoms with E-state index >= 15 is 0 Å². The Morgan fingerprint density at radius 1 is 1.15 bits per heavy atom. The normalized spacial score (nSPS) is 23.1. The van der Waals surface area contributed by atoms with Gasteiger partial charge >= 0.3 is 0 Å². The number of carbonyl (C=O) groups excluding carboxylic acids is 2. The van der Waals surface area contributed by atoms with Crippen molar-refractivity contribution in [3.8, 4) is 0 Å². The van der Waals surface area contributed by atoms with Gasteiger partial charge in [0.05, 0.1) is 12.6 Å². The fraction of sp³-hybridized carbons (Fsp3) is 0.600. The number of nitrogens with one attached hydrogen (secondary N) is 3. The number of nitrogens with zero attached hydrogens (tertiary/aromatic N) is 1. The van der Waals surface area contributed by atoms with Crippen molar-refractivity contribution in [1.29, 1.82) is 0 Å². The molecule has 2 fully saturated rings. The summed E-state index contributed by atoms with van der Waals surface area (Å²) in [6.07, 6.45) is 4.08. The summed E-state index contributed by atoms with van der Waals surface area (Å²) in [6.45, 7) is 4.07. The van der Waals surface area contributed by atoms with E-state index in [9.17, 15) is 14.0 Å². The molecule has 27 heavy (non-hydrogen) atoms. The minimum atomic E-state index is -0.278. The van der Waals surface area contributed by atoms with E-state index in [1.54, 1.807) is 12.1 Å². The first-order valence-electron chi connectivity index (χ1n) is 9.85. The van der Waals surface area contributed by atoms with Crippen LogP contribution in [-0.4, -0.2) is 55.5 Å². The van der Waals surface area contributed by atoms with E-state index in [2.05, 4.69) is 20.9 Å². The molecule has 7 heteroatoms. The summed E-state index contributed by atoms with van der Waals surface area (Å²) in [5.41, 5.74) is 0.879. The molecule has 2 aliphatic rings. The Morgan fingerprint density at radius 2 is 1.96 bits per heavy atom. The first-order chi connectivity index (χ1) is 13.1. The Bertz CT molecular complexity index is 631. The van der Waals surface area contributed by atoms with E-state index in [0.29, 0.717) is 25.6 Å². The predicted molar refractivity (Wildman–Crippen MR) is 101 cm³/mol. The first kappa shape index (κ1) is 19.8. The molecule has 0 bridgehead atoms. The van der Waals surface area contributed by atoms with Crippen LogP contribution in [-0.2, 0) is 16.1 Å². The molecule has 2 aliphatic heterocycles. The Labute approximate surface area is 159 Å². The fourth-order valence-corrected chi connectivity index (χ4v) is 3.80. The number of benzene rings is 1. The van der Waals surface area contributed by atoms with E-state index in [4.69, 9.17) is 0 Å². The predicted octanol–water partition coefficient (Wildman–Crippen LogP) is 1.02. The summed E-state index contributed by atoms with van der Waals surface area (Å²) in [5, 5.41) is 9.16. The van der Waals surface area contributed by atoms with Gasteiger partial charge in [0, 0.05) is 19.6 Å². The van der Waals surface area contributed by atoms with Crippen LogP contribution in [0.15, 0.2) is 24.3 Å². The molecule has 0 aromatic heterocycles. The lowest BCUT2D eigenvalue weighted by Gasteiger charge is -2.32. The van der Waals surface area contributed by atoms with Crippen molar-refractivity contribution in [3.63, 3.8) is 0 Å². The lowest BCUT2D eigenvalue weighted by molar-refractivity contribution is -0.124. The van der Waals surface area contributed by atoms with Crippen LogP contribution in [0.2, 0.25) is 0 Å². The van der Waals surface area contributed by atoms with E-state index in [-0.39, 0.29) is 23.7 Å². The number of hydrogen-bond donors (Lipinski definition) is 3. The van der Waals surface area contributed by atoms with Crippen molar-refractivity contribution in [2.24, 2.45) is 5.92 Å². The Balaban J connectivity index is 1.36. The molecule has 2 heterocycles. The first-order valence-corrected chi connectivity index (χ1v) is 9.85. The second-order valence-corrected chi connectivity index (χ2v) is 7.54. The highest BCUT2D eigenvalue weighted by molar-refractivity contribution is 5.82. The maximum Gasteiger partial charge on any atom is 0.237 e. The zero-order chi connectivity index (χ0) is 19.1. The van der Waals surface area contributed by atoms with E-state index in [0.717, 1.165) is 50.9 Å². The van der Waals surface area contributed by atoms with Crippen LogP contribution in [0.3, 0.4) is 0 Å². The van der Waals surface area contributed by atoms with E-state index in [1.807, 2.05) is 0 Å². The van der Waals surface area contributed by atoms with Gasteiger partial charge in [-0.25, -0.2) is 4.39 Å². The third kappa shape index (κ3) is 6.29. The molecule has 0 radical (unpaired) electrons. The number of halogens is 1. The van der Waals surface area contributed by atoms with Crippen LogP contribution < -0.4 is 16.0 Å². The van der Waals surface area contributed by atoms with Crippen LogP contribution >= 0.6 is 0 Å². The molecule has 1 aromatic rings. The Kier molecular flexibility index (Phi) is 7.18. The smallest absolute Gasteiger partial charge is 0.237 e. The van der Waals surface area contributed by atoms with Gasteiger partial charge in [0.25, 0.3) is 0 Å². The van der Waals surface area contributed by atoms with Crippen molar-refractivity contribution < 1.29 is 14.0 Å². The molecule has 3 rings (SSSR count). The fourth-order valence-electron chi connectivity index (χ4n) is 3.80. The summed E-state index contributed by atoms with van der Waals surface area (Å²) >= 11 is 0.